The van der Waals surface area contributed by atoms with Crippen LogP contribution in [0.2, 0.25) is 0 Å². The molecule has 1 amide bonds. The van der Waals surface area contributed by atoms with Crippen molar-refractivity contribution in [3.63, 3.8) is 0 Å². The summed E-state index contributed by atoms with van der Waals surface area (Å²) in [5, 5.41) is 9.19. The third-order valence-corrected chi connectivity index (χ3v) is 4.47. The number of hydrogen-bond donors (Lipinski definition) is 1. The molecule has 0 bridgehead atoms. The van der Waals surface area contributed by atoms with E-state index < -0.39 is 5.97 Å². The summed E-state index contributed by atoms with van der Waals surface area (Å²) in [6.07, 6.45) is 0. The lowest BCUT2D eigenvalue weighted by molar-refractivity contribution is 0.0661. The van der Waals surface area contributed by atoms with Gasteiger partial charge in [-0.25, -0.2) is 9.78 Å². The zero-order chi connectivity index (χ0) is 18.7. The van der Waals surface area contributed by atoms with Crippen LogP contribution in [-0.4, -0.2) is 72.1 Å². The molecule has 0 aliphatic carbocycles. The number of aromatic nitrogens is 1. The maximum atomic E-state index is 12.8. The number of methoxy groups -OCH3 is 1. The van der Waals surface area contributed by atoms with E-state index in [1.807, 2.05) is 11.9 Å². The maximum Gasteiger partial charge on any atom is 0.354 e. The fourth-order valence-electron chi connectivity index (χ4n) is 2.93. The van der Waals surface area contributed by atoms with E-state index in [0.29, 0.717) is 35.7 Å². The van der Waals surface area contributed by atoms with E-state index in [-0.39, 0.29) is 11.6 Å². The molecule has 0 radical (unpaired) electrons. The van der Waals surface area contributed by atoms with Crippen LogP contribution < -0.4 is 4.74 Å². The van der Waals surface area contributed by atoms with Crippen LogP contribution in [-0.2, 0) is 0 Å². The number of amides is 1. The van der Waals surface area contributed by atoms with Gasteiger partial charge in [0.1, 0.15) is 17.1 Å². The molecule has 1 N–H and O–H groups in total. The molecule has 1 aliphatic heterocycles. The molecule has 136 valence electrons. The second kappa shape index (κ2) is 7.53. The van der Waals surface area contributed by atoms with Crippen molar-refractivity contribution in [1.29, 1.82) is 0 Å². The number of rotatable bonds is 4. The van der Waals surface area contributed by atoms with Gasteiger partial charge in [-0.2, -0.15) is 0 Å². The van der Waals surface area contributed by atoms with Gasteiger partial charge in [-0.1, -0.05) is 12.1 Å². The van der Waals surface area contributed by atoms with Gasteiger partial charge in [-0.15, -0.1) is 0 Å². The highest BCUT2D eigenvalue weighted by atomic mass is 16.5. The zero-order valence-electron chi connectivity index (χ0n) is 14.8. The molecule has 26 heavy (non-hydrogen) atoms. The van der Waals surface area contributed by atoms with Gasteiger partial charge in [0.2, 0.25) is 0 Å². The van der Waals surface area contributed by atoms with Crippen LogP contribution in [0.3, 0.4) is 0 Å². The average molecular weight is 355 g/mol. The average Bonchev–Trinajstić information content (AvgIpc) is 2.67. The van der Waals surface area contributed by atoms with Crippen molar-refractivity contribution in [3.8, 4) is 17.0 Å². The number of nitrogens with zero attached hydrogens (tertiary/aromatic N) is 3. The SMILES string of the molecule is COc1ccc(C(=O)O)nc1-c1cccc(C(=O)N2CCN(C)CC2)c1. The van der Waals surface area contributed by atoms with Gasteiger partial charge in [0.15, 0.2) is 0 Å². The summed E-state index contributed by atoms with van der Waals surface area (Å²) in [4.78, 5) is 32.2. The van der Waals surface area contributed by atoms with Gasteiger partial charge >= 0.3 is 5.97 Å². The van der Waals surface area contributed by atoms with E-state index in [1.165, 1.54) is 13.2 Å². The van der Waals surface area contributed by atoms with E-state index in [0.717, 1.165) is 13.1 Å². The molecule has 0 saturated carbocycles. The van der Waals surface area contributed by atoms with Gasteiger partial charge in [0, 0.05) is 37.3 Å². The second-order valence-electron chi connectivity index (χ2n) is 6.23. The molecule has 1 aromatic carbocycles. The summed E-state index contributed by atoms with van der Waals surface area (Å²) in [5.74, 6) is -0.689. The Morgan fingerprint density at radius 1 is 1.12 bits per heavy atom. The number of piperazine rings is 1. The standard InChI is InChI=1S/C19H21N3O4/c1-21-8-10-22(11-9-21)18(23)14-5-3-4-13(12-14)17-16(26-2)7-6-15(20-17)19(24)25/h3-7,12H,8-11H2,1-2H3,(H,24,25). The van der Waals surface area contributed by atoms with Crippen LogP contribution in [0.5, 0.6) is 5.75 Å². The number of carbonyl (C=O) groups is 2. The summed E-state index contributed by atoms with van der Waals surface area (Å²) < 4.78 is 5.31. The van der Waals surface area contributed by atoms with Crippen molar-refractivity contribution < 1.29 is 19.4 Å². The minimum absolute atomic E-state index is 0.0340. The van der Waals surface area contributed by atoms with Crippen LogP contribution >= 0.6 is 0 Å². The molecular weight excluding hydrogens is 334 g/mol. The first-order valence-electron chi connectivity index (χ1n) is 8.36. The number of benzene rings is 1. The van der Waals surface area contributed by atoms with Crippen LogP contribution in [0, 0.1) is 0 Å². The molecule has 1 aromatic heterocycles. The number of carbonyl (C=O) groups excluding carboxylic acids is 1. The van der Waals surface area contributed by atoms with Gasteiger partial charge in [0.05, 0.1) is 7.11 Å². The Bertz CT molecular complexity index is 829. The topological polar surface area (TPSA) is 83.0 Å². The summed E-state index contributed by atoms with van der Waals surface area (Å²) in [7, 11) is 3.54. The van der Waals surface area contributed by atoms with Gasteiger partial charge in [-0.05, 0) is 31.3 Å². The smallest absolute Gasteiger partial charge is 0.354 e. The molecule has 1 saturated heterocycles. The lowest BCUT2D eigenvalue weighted by atomic mass is 10.1. The molecule has 2 aromatic rings. The Balaban J connectivity index is 1.93. The third kappa shape index (κ3) is 3.67. The number of hydrogen-bond acceptors (Lipinski definition) is 5. The van der Waals surface area contributed by atoms with Gasteiger partial charge in [0.25, 0.3) is 5.91 Å². The Hall–Kier alpha value is -2.93. The highest BCUT2D eigenvalue weighted by molar-refractivity contribution is 5.95. The minimum atomic E-state index is -1.11. The van der Waals surface area contributed by atoms with E-state index >= 15 is 0 Å². The molecule has 1 fully saturated rings. The van der Waals surface area contributed by atoms with Crippen LogP contribution in [0.4, 0.5) is 0 Å². The summed E-state index contributed by atoms with van der Waals surface area (Å²) >= 11 is 0. The van der Waals surface area contributed by atoms with E-state index in [4.69, 9.17) is 4.74 Å². The van der Waals surface area contributed by atoms with E-state index in [1.54, 1.807) is 30.3 Å². The summed E-state index contributed by atoms with van der Waals surface area (Å²) in [5.41, 5.74) is 1.53. The Labute approximate surface area is 151 Å². The largest absolute Gasteiger partial charge is 0.494 e. The predicted octanol–water partition coefficient (Wildman–Crippen LogP) is 1.84. The quantitative estimate of drug-likeness (QED) is 0.901. The fraction of sp³-hybridized carbons (Fsp3) is 0.316. The highest BCUT2D eigenvalue weighted by Gasteiger charge is 2.21. The fourth-order valence-corrected chi connectivity index (χ4v) is 2.93. The molecule has 0 atom stereocenters. The third-order valence-electron chi connectivity index (χ3n) is 4.47. The monoisotopic (exact) mass is 355 g/mol. The molecule has 7 nitrogen and oxygen atoms in total. The lowest BCUT2D eigenvalue weighted by Crippen LogP contribution is -2.47. The van der Waals surface area contributed by atoms with Crippen molar-refractivity contribution in [3.05, 3.63) is 47.7 Å². The van der Waals surface area contributed by atoms with Gasteiger partial charge < -0.3 is 19.6 Å². The molecule has 0 unspecified atom stereocenters. The first kappa shape index (κ1) is 17.9. The Kier molecular flexibility index (Phi) is 5.18. The number of carboxylic acid groups (broad SMARTS) is 1. The first-order valence-corrected chi connectivity index (χ1v) is 8.36. The zero-order valence-corrected chi connectivity index (χ0v) is 14.8. The molecular formula is C19H21N3O4. The predicted molar refractivity (Wildman–Crippen MR) is 96.6 cm³/mol. The normalized spacial score (nSPS) is 14.9. The highest BCUT2D eigenvalue weighted by Crippen LogP contribution is 2.29. The van der Waals surface area contributed by atoms with Crippen molar-refractivity contribution in [2.45, 2.75) is 0 Å². The molecule has 3 rings (SSSR count). The van der Waals surface area contributed by atoms with E-state index in [9.17, 15) is 14.7 Å². The lowest BCUT2D eigenvalue weighted by Gasteiger charge is -2.32. The maximum absolute atomic E-state index is 12.8. The molecule has 7 heteroatoms. The Morgan fingerprint density at radius 3 is 2.50 bits per heavy atom. The molecule has 2 heterocycles. The summed E-state index contributed by atoms with van der Waals surface area (Å²) in [6.45, 7) is 3.08. The number of ether oxygens (including phenoxy) is 1. The summed E-state index contributed by atoms with van der Waals surface area (Å²) in [6, 6.07) is 10.0. The van der Waals surface area contributed by atoms with Crippen molar-refractivity contribution >= 4 is 11.9 Å². The number of likely N-dealkylation sites (N-methyl/N-ethyl adjacent to an activating group) is 1. The van der Waals surface area contributed by atoms with E-state index in [2.05, 4.69) is 9.88 Å². The van der Waals surface area contributed by atoms with Gasteiger partial charge in [-0.3, -0.25) is 4.79 Å². The van der Waals surface area contributed by atoms with Crippen LogP contribution in [0.25, 0.3) is 11.3 Å². The van der Waals surface area contributed by atoms with Crippen LogP contribution in [0.15, 0.2) is 36.4 Å². The van der Waals surface area contributed by atoms with Crippen LogP contribution in [0.1, 0.15) is 20.8 Å². The molecule has 0 spiro atoms. The number of aromatic carboxylic acids is 1. The number of pyridine rings is 1. The number of carboxylic acids is 1. The van der Waals surface area contributed by atoms with Crippen molar-refractivity contribution in [1.82, 2.24) is 14.8 Å². The van der Waals surface area contributed by atoms with Crippen molar-refractivity contribution in [2.24, 2.45) is 0 Å². The molecule has 1 aliphatic rings. The minimum Gasteiger partial charge on any atom is -0.494 e. The Morgan fingerprint density at radius 2 is 1.85 bits per heavy atom. The van der Waals surface area contributed by atoms with Crippen molar-refractivity contribution in [2.75, 3.05) is 40.3 Å². The first-order chi connectivity index (χ1) is 12.5. The second-order valence-corrected chi connectivity index (χ2v) is 6.23.